The van der Waals surface area contributed by atoms with Gasteiger partial charge in [0.15, 0.2) is 0 Å². The summed E-state index contributed by atoms with van der Waals surface area (Å²) >= 11 is 5.19. The quantitative estimate of drug-likeness (QED) is 0.683. The van der Waals surface area contributed by atoms with Crippen molar-refractivity contribution in [3.8, 4) is 5.75 Å². The highest BCUT2D eigenvalue weighted by molar-refractivity contribution is 7.80. The van der Waals surface area contributed by atoms with Crippen LogP contribution in [0.1, 0.15) is 26.2 Å². The van der Waals surface area contributed by atoms with Crippen molar-refractivity contribution in [2.24, 2.45) is 5.92 Å². The van der Waals surface area contributed by atoms with Gasteiger partial charge >= 0.3 is 5.97 Å². The maximum absolute atomic E-state index is 11.8. The van der Waals surface area contributed by atoms with Crippen molar-refractivity contribution < 1.29 is 14.3 Å². The van der Waals surface area contributed by atoms with E-state index in [1.54, 1.807) is 0 Å². The Labute approximate surface area is 124 Å². The number of hydrogen-bond donors (Lipinski definition) is 1. The van der Waals surface area contributed by atoms with Crippen molar-refractivity contribution in [1.82, 2.24) is 5.32 Å². The molecule has 0 bridgehead atoms. The maximum Gasteiger partial charge on any atom is 0.311 e. The van der Waals surface area contributed by atoms with Gasteiger partial charge in [0.05, 0.1) is 12.5 Å². The van der Waals surface area contributed by atoms with E-state index in [1.807, 2.05) is 37.3 Å². The predicted octanol–water partition coefficient (Wildman–Crippen LogP) is 2.67. The van der Waals surface area contributed by atoms with Gasteiger partial charge in [-0.1, -0.05) is 24.6 Å². The molecule has 20 heavy (non-hydrogen) atoms. The zero-order valence-corrected chi connectivity index (χ0v) is 12.3. The molecule has 1 aliphatic rings. The molecule has 0 unspecified atom stereocenters. The first-order valence-corrected chi connectivity index (χ1v) is 7.31. The van der Waals surface area contributed by atoms with Gasteiger partial charge in [-0.05, 0) is 44.1 Å². The van der Waals surface area contributed by atoms with Crippen molar-refractivity contribution in [2.45, 2.75) is 32.2 Å². The first kappa shape index (κ1) is 14.8. The molecule has 1 N–H and O–H groups in total. The van der Waals surface area contributed by atoms with E-state index in [4.69, 9.17) is 21.7 Å². The minimum absolute atomic E-state index is 0.00487. The minimum Gasteiger partial charge on any atom is -0.466 e. The largest absolute Gasteiger partial charge is 0.466 e. The van der Waals surface area contributed by atoms with Crippen LogP contribution < -0.4 is 10.1 Å². The summed E-state index contributed by atoms with van der Waals surface area (Å²) in [7, 11) is 0. The Morgan fingerprint density at radius 3 is 2.80 bits per heavy atom. The van der Waals surface area contributed by atoms with Gasteiger partial charge < -0.3 is 14.8 Å². The van der Waals surface area contributed by atoms with Crippen LogP contribution >= 0.6 is 12.2 Å². The van der Waals surface area contributed by atoms with Crippen LogP contribution in [0.15, 0.2) is 30.3 Å². The fraction of sp³-hybridized carbons (Fsp3) is 0.467. The monoisotopic (exact) mass is 293 g/mol. The molecule has 0 spiro atoms. The van der Waals surface area contributed by atoms with Crippen LogP contribution in [0.4, 0.5) is 0 Å². The first-order chi connectivity index (χ1) is 9.70. The molecular weight excluding hydrogens is 274 g/mol. The van der Waals surface area contributed by atoms with Crippen molar-refractivity contribution >= 4 is 23.4 Å². The first-order valence-electron chi connectivity index (χ1n) is 6.90. The van der Waals surface area contributed by atoms with E-state index >= 15 is 0 Å². The van der Waals surface area contributed by atoms with E-state index in [9.17, 15) is 4.79 Å². The molecule has 0 heterocycles. The molecule has 1 aromatic carbocycles. The van der Waals surface area contributed by atoms with E-state index in [0.29, 0.717) is 17.5 Å². The van der Waals surface area contributed by atoms with E-state index < -0.39 is 0 Å². The minimum atomic E-state index is -0.148. The summed E-state index contributed by atoms with van der Waals surface area (Å²) in [6, 6.07) is 9.36. The maximum atomic E-state index is 11.8. The zero-order valence-electron chi connectivity index (χ0n) is 11.5. The summed E-state index contributed by atoms with van der Waals surface area (Å²) < 4.78 is 10.6. The molecule has 108 valence electrons. The standard InChI is InChI=1S/C15H19NO3S/c1-2-18-14(17)12-9-6-10-13(12)16-15(20)19-11-7-4-3-5-8-11/h3-5,7-8,12-13H,2,6,9-10H2,1H3,(H,16,20)/t12-,13+/m1/s1. The molecule has 1 saturated carbocycles. The van der Waals surface area contributed by atoms with Gasteiger partial charge in [-0.3, -0.25) is 4.79 Å². The van der Waals surface area contributed by atoms with Gasteiger partial charge in [0.25, 0.3) is 5.17 Å². The number of thiocarbonyl (C=S) groups is 1. The lowest BCUT2D eigenvalue weighted by Gasteiger charge is -2.20. The number of para-hydroxylation sites is 1. The third kappa shape index (κ3) is 3.93. The van der Waals surface area contributed by atoms with Crippen LogP contribution in [-0.4, -0.2) is 23.8 Å². The smallest absolute Gasteiger partial charge is 0.311 e. The van der Waals surface area contributed by atoms with E-state index in [0.717, 1.165) is 19.3 Å². The molecule has 1 aromatic rings. The second-order valence-corrected chi connectivity index (χ2v) is 5.11. The van der Waals surface area contributed by atoms with Gasteiger partial charge in [0.2, 0.25) is 0 Å². The second kappa shape index (κ2) is 7.24. The molecule has 0 aliphatic heterocycles. The van der Waals surface area contributed by atoms with Crippen LogP contribution in [0.2, 0.25) is 0 Å². The number of ether oxygens (including phenoxy) is 2. The number of nitrogens with one attached hydrogen (secondary N) is 1. The second-order valence-electron chi connectivity index (χ2n) is 4.74. The summed E-state index contributed by atoms with van der Waals surface area (Å²) in [5.74, 6) is 0.410. The molecule has 1 fully saturated rings. The normalized spacial score (nSPS) is 21.2. The highest BCUT2D eigenvalue weighted by Crippen LogP contribution is 2.27. The van der Waals surface area contributed by atoms with E-state index in [2.05, 4.69) is 5.32 Å². The van der Waals surface area contributed by atoms with Crippen LogP contribution in [0.3, 0.4) is 0 Å². The molecule has 2 rings (SSSR count). The van der Waals surface area contributed by atoms with Crippen molar-refractivity contribution in [3.05, 3.63) is 30.3 Å². The van der Waals surface area contributed by atoms with Gasteiger partial charge in [-0.25, -0.2) is 0 Å². The Kier molecular flexibility index (Phi) is 5.35. The average molecular weight is 293 g/mol. The summed E-state index contributed by atoms with van der Waals surface area (Å²) in [6.45, 7) is 2.23. The number of hydrogen-bond acceptors (Lipinski definition) is 4. The van der Waals surface area contributed by atoms with E-state index in [-0.39, 0.29) is 17.9 Å². The van der Waals surface area contributed by atoms with E-state index in [1.165, 1.54) is 0 Å². The zero-order chi connectivity index (χ0) is 14.4. The summed E-state index contributed by atoms with van der Waals surface area (Å²) in [6.07, 6.45) is 2.74. The third-order valence-electron chi connectivity index (χ3n) is 3.36. The molecule has 5 heteroatoms. The Hall–Kier alpha value is -1.62. The molecule has 4 nitrogen and oxygen atoms in total. The predicted molar refractivity (Wildman–Crippen MR) is 80.6 cm³/mol. The Balaban J connectivity index is 1.88. The van der Waals surface area contributed by atoms with Gasteiger partial charge in [-0.15, -0.1) is 0 Å². The molecule has 2 atom stereocenters. The Morgan fingerprint density at radius 2 is 2.10 bits per heavy atom. The van der Waals surface area contributed by atoms with Gasteiger partial charge in [-0.2, -0.15) is 0 Å². The van der Waals surface area contributed by atoms with Crippen molar-refractivity contribution in [3.63, 3.8) is 0 Å². The number of carbonyl (C=O) groups excluding carboxylic acids is 1. The fourth-order valence-electron chi connectivity index (χ4n) is 2.44. The number of carbonyl (C=O) groups is 1. The molecule has 0 aromatic heterocycles. The Bertz CT molecular complexity index is 463. The molecule has 1 aliphatic carbocycles. The van der Waals surface area contributed by atoms with Crippen LogP contribution in [0, 0.1) is 5.92 Å². The highest BCUT2D eigenvalue weighted by atomic mass is 32.1. The van der Waals surface area contributed by atoms with Crippen LogP contribution in [0.5, 0.6) is 5.75 Å². The number of rotatable bonds is 4. The van der Waals surface area contributed by atoms with Crippen molar-refractivity contribution in [2.75, 3.05) is 6.61 Å². The third-order valence-corrected chi connectivity index (χ3v) is 3.56. The van der Waals surface area contributed by atoms with Gasteiger partial charge in [0, 0.05) is 6.04 Å². The molecule has 0 saturated heterocycles. The average Bonchev–Trinajstić information content (AvgIpc) is 2.88. The van der Waals surface area contributed by atoms with Crippen LogP contribution in [-0.2, 0) is 9.53 Å². The molecular formula is C15H19NO3S. The molecule has 0 amide bonds. The lowest BCUT2D eigenvalue weighted by Crippen LogP contribution is -2.42. The lowest BCUT2D eigenvalue weighted by molar-refractivity contribution is -0.148. The van der Waals surface area contributed by atoms with Gasteiger partial charge in [0.1, 0.15) is 5.75 Å². The topological polar surface area (TPSA) is 47.6 Å². The SMILES string of the molecule is CCOC(=O)[C@@H]1CCC[C@@H]1NC(=S)Oc1ccccc1. The summed E-state index contributed by atoms with van der Waals surface area (Å²) in [5, 5.41) is 3.43. The van der Waals surface area contributed by atoms with Crippen LogP contribution in [0.25, 0.3) is 0 Å². The number of benzene rings is 1. The summed E-state index contributed by atoms with van der Waals surface area (Å²) in [4.78, 5) is 11.8. The number of esters is 1. The molecule has 0 radical (unpaired) electrons. The highest BCUT2D eigenvalue weighted by Gasteiger charge is 2.34. The van der Waals surface area contributed by atoms with Crippen molar-refractivity contribution in [1.29, 1.82) is 0 Å². The summed E-state index contributed by atoms with van der Waals surface area (Å²) in [5.41, 5.74) is 0. The lowest BCUT2D eigenvalue weighted by atomic mass is 10.0. The Morgan fingerprint density at radius 1 is 1.35 bits per heavy atom. The fourth-order valence-corrected chi connectivity index (χ4v) is 2.69.